The molecular formula is C16H21N3. The zero-order valence-corrected chi connectivity index (χ0v) is 11.7. The number of benzene rings is 1. The van der Waals surface area contributed by atoms with Crippen LogP contribution in [0.15, 0.2) is 30.3 Å². The molecule has 2 aromatic rings. The van der Waals surface area contributed by atoms with Crippen molar-refractivity contribution in [1.29, 1.82) is 0 Å². The fourth-order valence-electron chi connectivity index (χ4n) is 2.74. The smallest absolute Gasteiger partial charge is 0.0726 e. The second kappa shape index (κ2) is 5.17. The average molecular weight is 255 g/mol. The molecule has 100 valence electrons. The summed E-state index contributed by atoms with van der Waals surface area (Å²) in [6.07, 6.45) is 3.99. The van der Waals surface area contributed by atoms with Gasteiger partial charge in [0.25, 0.3) is 0 Å². The second-order valence-corrected chi connectivity index (χ2v) is 5.38. The van der Waals surface area contributed by atoms with Gasteiger partial charge in [0, 0.05) is 30.7 Å². The van der Waals surface area contributed by atoms with Crippen LogP contribution in [0.1, 0.15) is 25.0 Å². The van der Waals surface area contributed by atoms with E-state index in [1.165, 1.54) is 30.3 Å². The van der Waals surface area contributed by atoms with Gasteiger partial charge in [-0.05, 0) is 38.4 Å². The van der Waals surface area contributed by atoms with Gasteiger partial charge < -0.3 is 10.2 Å². The minimum atomic E-state index is 0.702. The molecule has 1 aromatic heterocycles. The molecule has 0 aliphatic heterocycles. The predicted molar refractivity (Wildman–Crippen MR) is 80.5 cm³/mol. The third-order valence-electron chi connectivity index (χ3n) is 4.11. The van der Waals surface area contributed by atoms with Crippen LogP contribution >= 0.6 is 0 Å². The zero-order valence-electron chi connectivity index (χ0n) is 11.7. The van der Waals surface area contributed by atoms with Crippen LogP contribution < -0.4 is 10.2 Å². The van der Waals surface area contributed by atoms with E-state index in [0.717, 1.165) is 17.8 Å². The Morgan fingerprint density at radius 3 is 2.79 bits per heavy atom. The molecule has 1 aliphatic carbocycles. The van der Waals surface area contributed by atoms with Gasteiger partial charge in [-0.2, -0.15) is 0 Å². The lowest BCUT2D eigenvalue weighted by Crippen LogP contribution is -2.37. The molecule has 3 rings (SSSR count). The van der Waals surface area contributed by atoms with Crippen LogP contribution in [0.5, 0.6) is 0 Å². The molecule has 1 saturated carbocycles. The first-order valence-corrected chi connectivity index (χ1v) is 7.05. The monoisotopic (exact) mass is 255 g/mol. The molecule has 0 atom stereocenters. The molecule has 0 unspecified atom stereocenters. The van der Waals surface area contributed by atoms with E-state index in [0.29, 0.717) is 6.04 Å². The Balaban J connectivity index is 2.08. The van der Waals surface area contributed by atoms with Gasteiger partial charge in [0.2, 0.25) is 0 Å². The van der Waals surface area contributed by atoms with Crippen molar-refractivity contribution in [3.63, 3.8) is 0 Å². The summed E-state index contributed by atoms with van der Waals surface area (Å²) in [5, 5.41) is 4.45. The van der Waals surface area contributed by atoms with E-state index in [4.69, 9.17) is 4.98 Å². The first-order valence-electron chi connectivity index (χ1n) is 7.05. The molecular weight excluding hydrogens is 234 g/mol. The summed E-state index contributed by atoms with van der Waals surface area (Å²) in [6.45, 7) is 0.816. The zero-order chi connectivity index (χ0) is 13.2. The van der Waals surface area contributed by atoms with Crippen molar-refractivity contribution in [2.24, 2.45) is 0 Å². The number of nitrogens with zero attached hydrogens (tertiary/aromatic N) is 2. The lowest BCUT2D eigenvalue weighted by atomic mass is 9.91. The molecule has 1 N–H and O–H groups in total. The molecule has 1 fully saturated rings. The molecule has 1 aliphatic rings. The molecule has 1 aromatic carbocycles. The van der Waals surface area contributed by atoms with Gasteiger partial charge in [0.1, 0.15) is 0 Å². The van der Waals surface area contributed by atoms with E-state index in [2.05, 4.69) is 47.6 Å². The Morgan fingerprint density at radius 2 is 2.11 bits per heavy atom. The molecule has 0 radical (unpaired) electrons. The number of fused-ring (bicyclic) bond motifs is 1. The Kier molecular flexibility index (Phi) is 3.38. The Hall–Kier alpha value is -1.61. The summed E-state index contributed by atoms with van der Waals surface area (Å²) in [5.74, 6) is 0. The van der Waals surface area contributed by atoms with Crippen LogP contribution in [0.3, 0.4) is 0 Å². The summed E-state index contributed by atoms with van der Waals surface area (Å²) < 4.78 is 0. The number of hydrogen-bond donors (Lipinski definition) is 1. The van der Waals surface area contributed by atoms with E-state index >= 15 is 0 Å². The highest BCUT2D eigenvalue weighted by Crippen LogP contribution is 2.32. The van der Waals surface area contributed by atoms with Crippen LogP contribution in [-0.4, -0.2) is 25.1 Å². The fraction of sp³-hybridized carbons (Fsp3) is 0.438. The van der Waals surface area contributed by atoms with Crippen LogP contribution in [0.4, 0.5) is 5.69 Å². The Labute approximate surface area is 114 Å². The van der Waals surface area contributed by atoms with Gasteiger partial charge in [-0.1, -0.05) is 18.2 Å². The van der Waals surface area contributed by atoms with E-state index < -0.39 is 0 Å². The van der Waals surface area contributed by atoms with Crippen LogP contribution in [0.2, 0.25) is 0 Å². The quantitative estimate of drug-likeness (QED) is 0.910. The molecule has 0 saturated heterocycles. The number of aromatic nitrogens is 1. The maximum absolute atomic E-state index is 4.72. The highest BCUT2D eigenvalue weighted by Gasteiger charge is 2.23. The highest BCUT2D eigenvalue weighted by molar-refractivity contribution is 5.92. The molecule has 1 heterocycles. The van der Waals surface area contributed by atoms with Crippen LogP contribution in [-0.2, 0) is 6.54 Å². The average Bonchev–Trinajstić information content (AvgIpc) is 2.36. The molecule has 19 heavy (non-hydrogen) atoms. The standard InChI is InChI=1S/C16H21N3/c1-17-11-12-10-16(19(2)13-6-5-7-13)14-8-3-4-9-15(14)18-12/h3-4,8-10,13,17H,5-7,11H2,1-2H3. The van der Waals surface area contributed by atoms with Gasteiger partial charge in [0.05, 0.1) is 11.2 Å². The maximum Gasteiger partial charge on any atom is 0.0726 e. The summed E-state index contributed by atoms with van der Waals surface area (Å²) >= 11 is 0. The second-order valence-electron chi connectivity index (χ2n) is 5.38. The van der Waals surface area contributed by atoms with Crippen molar-refractivity contribution in [2.75, 3.05) is 19.0 Å². The SMILES string of the molecule is CNCc1cc(N(C)C2CCC2)c2ccccc2n1. The Morgan fingerprint density at radius 1 is 1.32 bits per heavy atom. The lowest BCUT2D eigenvalue weighted by molar-refractivity contribution is 0.401. The van der Waals surface area contributed by atoms with E-state index in [-0.39, 0.29) is 0 Å². The van der Waals surface area contributed by atoms with Crippen LogP contribution in [0, 0.1) is 0 Å². The molecule has 3 heteroatoms. The minimum Gasteiger partial charge on any atom is -0.371 e. The van der Waals surface area contributed by atoms with Crippen molar-refractivity contribution in [1.82, 2.24) is 10.3 Å². The molecule has 3 nitrogen and oxygen atoms in total. The predicted octanol–water partition coefficient (Wildman–Crippen LogP) is 2.94. The van der Waals surface area contributed by atoms with Gasteiger partial charge in [-0.25, -0.2) is 0 Å². The summed E-state index contributed by atoms with van der Waals surface area (Å²) in [6, 6.07) is 11.4. The maximum atomic E-state index is 4.72. The third-order valence-corrected chi connectivity index (χ3v) is 4.11. The summed E-state index contributed by atoms with van der Waals surface area (Å²) in [7, 11) is 4.18. The topological polar surface area (TPSA) is 28.2 Å². The summed E-state index contributed by atoms with van der Waals surface area (Å²) in [4.78, 5) is 7.16. The van der Waals surface area contributed by atoms with Gasteiger partial charge >= 0.3 is 0 Å². The minimum absolute atomic E-state index is 0.702. The number of hydrogen-bond acceptors (Lipinski definition) is 3. The van der Waals surface area contributed by atoms with Crippen molar-refractivity contribution >= 4 is 16.6 Å². The number of pyridine rings is 1. The van der Waals surface area contributed by atoms with Crippen LogP contribution in [0.25, 0.3) is 10.9 Å². The van der Waals surface area contributed by atoms with Crippen molar-refractivity contribution in [3.8, 4) is 0 Å². The van der Waals surface area contributed by atoms with E-state index in [1.807, 2.05) is 7.05 Å². The largest absolute Gasteiger partial charge is 0.371 e. The molecule has 0 spiro atoms. The first-order chi connectivity index (χ1) is 9.29. The third kappa shape index (κ3) is 2.30. The van der Waals surface area contributed by atoms with Gasteiger partial charge in [-0.3, -0.25) is 4.98 Å². The highest BCUT2D eigenvalue weighted by atomic mass is 15.1. The molecule has 0 amide bonds. The van der Waals surface area contributed by atoms with E-state index in [1.54, 1.807) is 0 Å². The Bertz CT molecular complexity index is 575. The fourth-order valence-corrected chi connectivity index (χ4v) is 2.74. The lowest BCUT2D eigenvalue weighted by Gasteiger charge is -2.37. The van der Waals surface area contributed by atoms with Crippen molar-refractivity contribution < 1.29 is 0 Å². The normalized spacial score (nSPS) is 15.5. The first kappa shape index (κ1) is 12.4. The number of anilines is 1. The molecule has 0 bridgehead atoms. The van der Waals surface area contributed by atoms with Gasteiger partial charge in [-0.15, -0.1) is 0 Å². The van der Waals surface area contributed by atoms with E-state index in [9.17, 15) is 0 Å². The van der Waals surface area contributed by atoms with Crippen molar-refractivity contribution in [3.05, 3.63) is 36.0 Å². The summed E-state index contributed by atoms with van der Waals surface area (Å²) in [5.41, 5.74) is 3.53. The number of para-hydroxylation sites is 1. The van der Waals surface area contributed by atoms with Crippen molar-refractivity contribution in [2.45, 2.75) is 31.8 Å². The number of rotatable bonds is 4. The van der Waals surface area contributed by atoms with Gasteiger partial charge in [0.15, 0.2) is 0 Å². The number of nitrogens with one attached hydrogen (secondary N) is 1.